The van der Waals surface area contributed by atoms with Gasteiger partial charge in [-0.05, 0) is 78.7 Å². The molecule has 13 heteroatoms. The lowest BCUT2D eigenvalue weighted by Gasteiger charge is -2.13. The molecule has 39 heavy (non-hydrogen) atoms. The van der Waals surface area contributed by atoms with Gasteiger partial charge >= 0.3 is 5.69 Å². The summed E-state index contributed by atoms with van der Waals surface area (Å²) in [5, 5.41) is 24.3. The average Bonchev–Trinajstić information content (AvgIpc) is 3.11. The first kappa shape index (κ1) is 27.0. The molecule has 3 amide bonds. The molecular weight excluding hydrogens is 528 g/mol. The predicted molar refractivity (Wildman–Crippen MR) is 143 cm³/mol. The Balaban J connectivity index is 1.43. The number of ether oxygens (including phenoxy) is 1. The Bertz CT molecular complexity index is 1530. The van der Waals surface area contributed by atoms with Gasteiger partial charge in [-0.2, -0.15) is 0 Å². The van der Waals surface area contributed by atoms with Crippen LogP contribution < -0.4 is 10.1 Å². The van der Waals surface area contributed by atoms with Crippen LogP contribution in [0.15, 0.2) is 65.6 Å². The summed E-state index contributed by atoms with van der Waals surface area (Å²) < 4.78 is 5.53. The Kier molecular flexibility index (Phi) is 7.72. The number of imide groups is 1. The highest BCUT2D eigenvalue weighted by Gasteiger charge is 2.36. The minimum absolute atomic E-state index is 0.124. The van der Waals surface area contributed by atoms with Crippen LogP contribution in [0.25, 0.3) is 6.08 Å². The molecule has 12 nitrogen and oxygen atoms in total. The Morgan fingerprint density at radius 3 is 2.26 bits per heavy atom. The van der Waals surface area contributed by atoms with E-state index in [9.17, 15) is 34.6 Å². The van der Waals surface area contributed by atoms with Crippen molar-refractivity contribution in [3.63, 3.8) is 0 Å². The predicted octanol–water partition coefficient (Wildman–Crippen LogP) is 5.59. The zero-order valence-corrected chi connectivity index (χ0v) is 21.4. The molecule has 1 aliphatic rings. The molecule has 0 radical (unpaired) electrons. The molecule has 4 rings (SSSR count). The molecule has 0 atom stereocenters. The van der Waals surface area contributed by atoms with Crippen molar-refractivity contribution >= 4 is 52.0 Å². The highest BCUT2D eigenvalue weighted by atomic mass is 32.2. The van der Waals surface area contributed by atoms with Crippen LogP contribution in [-0.2, 0) is 9.59 Å². The lowest BCUT2D eigenvalue weighted by Crippen LogP contribution is -2.36. The number of hydrogen-bond donors (Lipinski definition) is 1. The van der Waals surface area contributed by atoms with Gasteiger partial charge in [0.05, 0.1) is 20.8 Å². The normalized spacial score (nSPS) is 14.0. The van der Waals surface area contributed by atoms with Crippen LogP contribution in [0.4, 0.5) is 21.9 Å². The quantitative estimate of drug-likeness (QED) is 0.215. The van der Waals surface area contributed by atoms with Crippen molar-refractivity contribution in [3.05, 3.63) is 102 Å². The number of amides is 3. The Morgan fingerprint density at radius 2 is 1.64 bits per heavy atom. The molecular formula is C26H20N4O8S. The lowest BCUT2D eigenvalue weighted by atomic mass is 10.1. The summed E-state index contributed by atoms with van der Waals surface area (Å²) in [5.74, 6) is -1.09. The molecule has 3 aromatic rings. The molecule has 1 saturated heterocycles. The Morgan fingerprint density at radius 1 is 0.974 bits per heavy atom. The van der Waals surface area contributed by atoms with Gasteiger partial charge in [-0.3, -0.25) is 39.5 Å². The molecule has 0 aromatic heterocycles. The molecule has 0 spiro atoms. The van der Waals surface area contributed by atoms with Crippen molar-refractivity contribution in [1.82, 2.24) is 4.90 Å². The standard InChI is InChI=1S/C26H20N4O8S/c1-15-9-16(2)11-18(10-15)27-24(31)14-28-25(32)23(39-26(28)33)12-17-3-6-20(7-4-17)38-22-8-5-19(29(34)35)13-21(22)30(36)37/h3-13H,14H2,1-2H3,(H,27,31)/b23-12+. The number of non-ortho nitro benzene ring substituents is 1. The maximum absolute atomic E-state index is 12.8. The number of nitro groups is 2. The summed E-state index contributed by atoms with van der Waals surface area (Å²) in [4.78, 5) is 59.4. The fourth-order valence-electron chi connectivity index (χ4n) is 3.79. The van der Waals surface area contributed by atoms with E-state index in [1.165, 1.54) is 18.2 Å². The van der Waals surface area contributed by atoms with E-state index in [0.29, 0.717) is 23.0 Å². The van der Waals surface area contributed by atoms with Crippen LogP contribution in [0.1, 0.15) is 16.7 Å². The van der Waals surface area contributed by atoms with Gasteiger partial charge in [0.1, 0.15) is 12.3 Å². The molecule has 1 aliphatic heterocycles. The maximum Gasteiger partial charge on any atom is 0.318 e. The summed E-state index contributed by atoms with van der Waals surface area (Å²) in [6.07, 6.45) is 1.48. The number of anilines is 1. The van der Waals surface area contributed by atoms with E-state index >= 15 is 0 Å². The van der Waals surface area contributed by atoms with Gasteiger partial charge in [0, 0.05) is 11.8 Å². The molecule has 1 fully saturated rings. The van der Waals surface area contributed by atoms with Crippen LogP contribution in [0.3, 0.4) is 0 Å². The van der Waals surface area contributed by atoms with Crippen LogP contribution in [0, 0.1) is 34.1 Å². The van der Waals surface area contributed by atoms with Gasteiger partial charge in [-0.15, -0.1) is 0 Å². The summed E-state index contributed by atoms with van der Waals surface area (Å²) in [7, 11) is 0. The zero-order chi connectivity index (χ0) is 28.3. The molecule has 198 valence electrons. The third-order valence-corrected chi connectivity index (χ3v) is 6.34. The molecule has 0 saturated carbocycles. The third-order valence-electron chi connectivity index (χ3n) is 5.44. The van der Waals surface area contributed by atoms with E-state index in [4.69, 9.17) is 4.74 Å². The smallest absolute Gasteiger partial charge is 0.318 e. The van der Waals surface area contributed by atoms with Crippen molar-refractivity contribution in [2.24, 2.45) is 0 Å². The van der Waals surface area contributed by atoms with E-state index < -0.39 is 44.8 Å². The summed E-state index contributed by atoms with van der Waals surface area (Å²) in [5.41, 5.74) is 2.01. The summed E-state index contributed by atoms with van der Waals surface area (Å²) >= 11 is 0.703. The first-order chi connectivity index (χ1) is 18.5. The van der Waals surface area contributed by atoms with E-state index in [1.807, 2.05) is 19.9 Å². The number of carbonyl (C=O) groups is 3. The van der Waals surface area contributed by atoms with Crippen molar-refractivity contribution in [3.8, 4) is 11.5 Å². The molecule has 0 unspecified atom stereocenters. The molecule has 3 aromatic carbocycles. The minimum Gasteiger partial charge on any atom is -0.450 e. The number of nitrogens with zero attached hydrogens (tertiary/aromatic N) is 3. The Hall–Kier alpha value is -5.04. The first-order valence-corrected chi connectivity index (χ1v) is 12.2. The largest absolute Gasteiger partial charge is 0.450 e. The van der Waals surface area contributed by atoms with E-state index in [2.05, 4.69) is 5.32 Å². The maximum atomic E-state index is 12.8. The second kappa shape index (κ2) is 11.1. The van der Waals surface area contributed by atoms with Crippen molar-refractivity contribution in [2.45, 2.75) is 13.8 Å². The summed E-state index contributed by atoms with van der Waals surface area (Å²) in [6.45, 7) is 3.35. The minimum atomic E-state index is -0.783. The number of aryl methyl sites for hydroxylation is 2. The number of nitro benzene ring substituents is 2. The van der Waals surface area contributed by atoms with Gasteiger partial charge in [0.15, 0.2) is 0 Å². The average molecular weight is 549 g/mol. The van der Waals surface area contributed by atoms with Gasteiger partial charge in [0.2, 0.25) is 11.7 Å². The van der Waals surface area contributed by atoms with Crippen molar-refractivity contribution < 1.29 is 29.0 Å². The molecule has 0 bridgehead atoms. The van der Waals surface area contributed by atoms with Crippen molar-refractivity contribution in [1.29, 1.82) is 0 Å². The molecule has 1 heterocycles. The fourth-order valence-corrected chi connectivity index (χ4v) is 4.62. The number of rotatable bonds is 8. The first-order valence-electron chi connectivity index (χ1n) is 11.3. The number of benzene rings is 3. The van der Waals surface area contributed by atoms with Crippen LogP contribution in [-0.4, -0.2) is 38.3 Å². The Labute approximate surface area is 225 Å². The number of nitrogens with one attached hydrogen (secondary N) is 1. The van der Waals surface area contributed by atoms with E-state index in [0.717, 1.165) is 34.2 Å². The second-order valence-corrected chi connectivity index (χ2v) is 9.52. The zero-order valence-electron chi connectivity index (χ0n) is 20.6. The number of hydrogen-bond acceptors (Lipinski definition) is 9. The third kappa shape index (κ3) is 6.45. The van der Waals surface area contributed by atoms with E-state index in [-0.39, 0.29) is 16.4 Å². The molecule has 0 aliphatic carbocycles. The van der Waals surface area contributed by atoms with Crippen molar-refractivity contribution in [2.75, 3.05) is 11.9 Å². The highest BCUT2D eigenvalue weighted by Crippen LogP contribution is 2.35. The van der Waals surface area contributed by atoms with Crippen LogP contribution >= 0.6 is 11.8 Å². The van der Waals surface area contributed by atoms with Gasteiger partial charge in [-0.25, -0.2) is 0 Å². The topological polar surface area (TPSA) is 162 Å². The van der Waals surface area contributed by atoms with E-state index in [1.54, 1.807) is 24.3 Å². The monoisotopic (exact) mass is 548 g/mol. The number of carbonyl (C=O) groups excluding carboxylic acids is 3. The second-order valence-electron chi connectivity index (χ2n) is 8.53. The van der Waals surface area contributed by atoms with Gasteiger partial charge in [0.25, 0.3) is 16.8 Å². The van der Waals surface area contributed by atoms with Gasteiger partial charge < -0.3 is 10.1 Å². The fraction of sp³-hybridized carbons (Fsp3) is 0.115. The summed E-state index contributed by atoms with van der Waals surface area (Å²) in [6, 6.07) is 14.7. The lowest BCUT2D eigenvalue weighted by molar-refractivity contribution is -0.394. The molecule has 1 N–H and O–H groups in total. The highest BCUT2D eigenvalue weighted by molar-refractivity contribution is 8.18. The van der Waals surface area contributed by atoms with Gasteiger partial charge in [-0.1, -0.05) is 18.2 Å². The number of thioether (sulfide) groups is 1. The van der Waals surface area contributed by atoms with Crippen LogP contribution in [0.2, 0.25) is 0 Å². The van der Waals surface area contributed by atoms with Crippen LogP contribution in [0.5, 0.6) is 11.5 Å². The SMILES string of the molecule is Cc1cc(C)cc(NC(=O)CN2C(=O)S/C(=C/c3ccc(Oc4ccc([N+](=O)[O-])cc4[N+](=O)[O-])cc3)C2=O)c1.